The number of hydrogen-bond donors (Lipinski definition) is 1. The molecule has 0 saturated heterocycles. The van der Waals surface area contributed by atoms with Crippen molar-refractivity contribution in [1.82, 2.24) is 0 Å². The highest BCUT2D eigenvalue weighted by Crippen LogP contribution is 2.53. The Morgan fingerprint density at radius 2 is 2.19 bits per heavy atom. The highest BCUT2D eigenvalue weighted by molar-refractivity contribution is 6.34. The van der Waals surface area contributed by atoms with Crippen LogP contribution in [-0.2, 0) is 0 Å². The third kappa shape index (κ3) is 1.45. The monoisotopic (exact) mass is 235 g/mol. The van der Waals surface area contributed by atoms with E-state index in [1.807, 2.05) is 24.3 Å². The summed E-state index contributed by atoms with van der Waals surface area (Å²) in [6.07, 6.45) is 2.36. The first kappa shape index (κ1) is 10.2. The molecule has 0 bridgehead atoms. The standard InChI is InChI=1S/C13H14ClNO/c1-13(5-6-13)12(15)10-7-8-3-2-4-9(14)11(8)16-10/h2-4,7,12H,5-6,15H2,1H3. The molecule has 2 aromatic rings. The molecule has 2 nitrogen and oxygen atoms in total. The predicted octanol–water partition coefficient (Wildman–Crippen LogP) is 3.89. The zero-order valence-electron chi connectivity index (χ0n) is 9.16. The van der Waals surface area contributed by atoms with Crippen molar-refractivity contribution in [3.05, 3.63) is 35.0 Å². The first-order valence-corrected chi connectivity index (χ1v) is 5.91. The van der Waals surface area contributed by atoms with Crippen LogP contribution in [0.25, 0.3) is 11.0 Å². The van der Waals surface area contributed by atoms with E-state index in [-0.39, 0.29) is 11.5 Å². The summed E-state index contributed by atoms with van der Waals surface area (Å²) >= 11 is 6.07. The van der Waals surface area contributed by atoms with Gasteiger partial charge in [0.2, 0.25) is 0 Å². The lowest BCUT2D eigenvalue weighted by Gasteiger charge is -2.15. The fraction of sp³-hybridized carbons (Fsp3) is 0.385. The second-order valence-electron chi connectivity index (χ2n) is 4.94. The number of nitrogens with two attached hydrogens (primary N) is 1. The lowest BCUT2D eigenvalue weighted by atomic mass is 9.97. The molecule has 1 aromatic carbocycles. The molecule has 2 N–H and O–H groups in total. The summed E-state index contributed by atoms with van der Waals surface area (Å²) in [6.45, 7) is 2.20. The number of rotatable bonds is 2. The van der Waals surface area contributed by atoms with Crippen molar-refractivity contribution in [2.75, 3.05) is 0 Å². The Kier molecular flexibility index (Phi) is 2.07. The number of benzene rings is 1. The Morgan fingerprint density at radius 3 is 2.81 bits per heavy atom. The number of hydrogen-bond acceptors (Lipinski definition) is 2. The minimum absolute atomic E-state index is 0.0176. The van der Waals surface area contributed by atoms with Gasteiger partial charge in [0.1, 0.15) is 5.76 Å². The van der Waals surface area contributed by atoms with E-state index in [2.05, 4.69) is 6.92 Å². The van der Waals surface area contributed by atoms with Gasteiger partial charge in [0.25, 0.3) is 0 Å². The Morgan fingerprint density at radius 1 is 1.44 bits per heavy atom. The van der Waals surface area contributed by atoms with Crippen LogP contribution in [0, 0.1) is 5.41 Å². The fourth-order valence-electron chi connectivity index (χ4n) is 2.05. The number of fused-ring (bicyclic) bond motifs is 1. The summed E-state index contributed by atoms with van der Waals surface area (Å²) in [6, 6.07) is 7.75. The summed E-state index contributed by atoms with van der Waals surface area (Å²) in [5.74, 6) is 0.850. The van der Waals surface area contributed by atoms with E-state index in [1.165, 1.54) is 12.8 Å². The summed E-state index contributed by atoms with van der Waals surface area (Å²) in [5, 5.41) is 1.68. The van der Waals surface area contributed by atoms with E-state index < -0.39 is 0 Å². The smallest absolute Gasteiger partial charge is 0.152 e. The van der Waals surface area contributed by atoms with Gasteiger partial charge in [-0.15, -0.1) is 0 Å². The lowest BCUT2D eigenvalue weighted by Crippen LogP contribution is -2.19. The molecule has 1 aliphatic rings. The third-order valence-corrected chi connectivity index (χ3v) is 3.91. The van der Waals surface area contributed by atoms with Gasteiger partial charge in [0, 0.05) is 5.39 Å². The molecule has 1 fully saturated rings. The SMILES string of the molecule is CC1(C(N)c2cc3cccc(Cl)c3o2)CC1. The molecular formula is C13H14ClNO. The Hall–Kier alpha value is -0.990. The highest BCUT2D eigenvalue weighted by atomic mass is 35.5. The van der Waals surface area contributed by atoms with Gasteiger partial charge in [-0.1, -0.05) is 30.7 Å². The number of para-hydroxylation sites is 1. The normalized spacial score (nSPS) is 19.9. The number of halogens is 1. The molecule has 1 saturated carbocycles. The molecule has 0 amide bonds. The van der Waals surface area contributed by atoms with Gasteiger partial charge in [-0.3, -0.25) is 0 Å². The first-order valence-electron chi connectivity index (χ1n) is 5.54. The van der Waals surface area contributed by atoms with Gasteiger partial charge in [0.15, 0.2) is 5.58 Å². The van der Waals surface area contributed by atoms with Crippen molar-refractivity contribution in [2.24, 2.45) is 11.1 Å². The predicted molar refractivity (Wildman–Crippen MR) is 65.5 cm³/mol. The summed E-state index contributed by atoms with van der Waals surface area (Å²) < 4.78 is 5.77. The minimum atomic E-state index is -0.0176. The first-order chi connectivity index (χ1) is 7.60. The van der Waals surface area contributed by atoms with Crippen LogP contribution in [0.1, 0.15) is 31.6 Å². The average Bonchev–Trinajstić information content (AvgIpc) is 2.86. The lowest BCUT2D eigenvalue weighted by molar-refractivity contribution is 0.380. The van der Waals surface area contributed by atoms with Crippen molar-refractivity contribution >= 4 is 22.6 Å². The topological polar surface area (TPSA) is 39.2 Å². The second kappa shape index (κ2) is 3.25. The number of furan rings is 1. The zero-order valence-corrected chi connectivity index (χ0v) is 9.92. The quantitative estimate of drug-likeness (QED) is 0.858. The van der Waals surface area contributed by atoms with Crippen LogP contribution < -0.4 is 5.73 Å². The van der Waals surface area contributed by atoms with Gasteiger partial charge in [-0.05, 0) is 30.4 Å². The maximum Gasteiger partial charge on any atom is 0.152 e. The van der Waals surface area contributed by atoms with E-state index in [4.69, 9.17) is 21.8 Å². The van der Waals surface area contributed by atoms with Crippen molar-refractivity contribution < 1.29 is 4.42 Å². The van der Waals surface area contributed by atoms with Gasteiger partial charge in [-0.2, -0.15) is 0 Å². The van der Waals surface area contributed by atoms with Crippen LogP contribution in [0.4, 0.5) is 0 Å². The van der Waals surface area contributed by atoms with Crippen LogP contribution in [0.15, 0.2) is 28.7 Å². The molecule has 3 rings (SSSR count). The summed E-state index contributed by atoms with van der Waals surface area (Å²) in [7, 11) is 0. The summed E-state index contributed by atoms with van der Waals surface area (Å²) in [5.41, 5.74) is 7.18. The van der Waals surface area contributed by atoms with Crippen LogP contribution in [0.2, 0.25) is 5.02 Å². The Balaban J connectivity index is 2.08. The van der Waals surface area contributed by atoms with E-state index in [0.717, 1.165) is 16.7 Å². The second-order valence-corrected chi connectivity index (χ2v) is 5.35. The van der Waals surface area contributed by atoms with E-state index in [1.54, 1.807) is 0 Å². The molecule has 3 heteroatoms. The minimum Gasteiger partial charge on any atom is -0.458 e. The largest absolute Gasteiger partial charge is 0.458 e. The fourth-order valence-corrected chi connectivity index (χ4v) is 2.27. The van der Waals surface area contributed by atoms with Crippen LogP contribution in [-0.4, -0.2) is 0 Å². The van der Waals surface area contributed by atoms with Gasteiger partial charge < -0.3 is 10.2 Å². The van der Waals surface area contributed by atoms with E-state index in [9.17, 15) is 0 Å². The molecule has 1 atom stereocenters. The van der Waals surface area contributed by atoms with Crippen molar-refractivity contribution in [1.29, 1.82) is 0 Å². The summed E-state index contributed by atoms with van der Waals surface area (Å²) in [4.78, 5) is 0. The van der Waals surface area contributed by atoms with Crippen LogP contribution in [0.5, 0.6) is 0 Å². The van der Waals surface area contributed by atoms with E-state index >= 15 is 0 Å². The molecule has 84 valence electrons. The third-order valence-electron chi connectivity index (χ3n) is 3.61. The van der Waals surface area contributed by atoms with Gasteiger partial charge in [0.05, 0.1) is 11.1 Å². The van der Waals surface area contributed by atoms with Crippen LogP contribution >= 0.6 is 11.6 Å². The average molecular weight is 236 g/mol. The molecule has 0 radical (unpaired) electrons. The van der Waals surface area contributed by atoms with Gasteiger partial charge in [-0.25, -0.2) is 0 Å². The molecule has 1 heterocycles. The molecule has 1 aromatic heterocycles. The molecule has 1 aliphatic carbocycles. The highest BCUT2D eigenvalue weighted by Gasteiger charge is 2.45. The van der Waals surface area contributed by atoms with E-state index in [0.29, 0.717) is 5.02 Å². The molecule has 0 spiro atoms. The van der Waals surface area contributed by atoms with Crippen molar-refractivity contribution in [2.45, 2.75) is 25.8 Å². The Bertz CT molecular complexity index is 542. The Labute approximate surface area is 99.4 Å². The van der Waals surface area contributed by atoms with Crippen molar-refractivity contribution in [3.63, 3.8) is 0 Å². The zero-order chi connectivity index (χ0) is 11.3. The maximum absolute atomic E-state index is 6.21. The van der Waals surface area contributed by atoms with Crippen LogP contribution in [0.3, 0.4) is 0 Å². The molecule has 0 aliphatic heterocycles. The van der Waals surface area contributed by atoms with Gasteiger partial charge >= 0.3 is 0 Å². The maximum atomic E-state index is 6.21. The molecular weight excluding hydrogens is 222 g/mol. The van der Waals surface area contributed by atoms with Crippen molar-refractivity contribution in [3.8, 4) is 0 Å². The molecule has 1 unspecified atom stereocenters. The molecule has 16 heavy (non-hydrogen) atoms.